The fourth-order valence-electron chi connectivity index (χ4n) is 3.87. The summed E-state index contributed by atoms with van der Waals surface area (Å²) in [6, 6.07) is 22.1. The number of halogens is 1. The zero-order valence-electron chi connectivity index (χ0n) is 19.3. The second-order valence-corrected chi connectivity index (χ2v) is 9.30. The molecule has 1 aliphatic rings. The van der Waals surface area contributed by atoms with Crippen LogP contribution in [0.3, 0.4) is 0 Å². The number of carbonyl (C=O) groups excluding carboxylic acids is 3. The number of amides is 3. The molecule has 0 unspecified atom stereocenters. The number of carbonyl (C=O) groups is 3. The molecule has 35 heavy (non-hydrogen) atoms. The second-order valence-electron chi connectivity index (χ2n) is 8.39. The van der Waals surface area contributed by atoms with E-state index < -0.39 is 5.92 Å². The monoisotopic (exact) mass is 535 g/mol. The predicted molar refractivity (Wildman–Crippen MR) is 138 cm³/mol. The average molecular weight is 536 g/mol. The van der Waals surface area contributed by atoms with E-state index in [1.807, 2.05) is 43.3 Å². The fourth-order valence-corrected chi connectivity index (χ4v) is 4.13. The van der Waals surface area contributed by atoms with Crippen molar-refractivity contribution >= 4 is 45.0 Å². The highest BCUT2D eigenvalue weighted by Gasteiger charge is 2.35. The van der Waals surface area contributed by atoms with Crippen molar-refractivity contribution in [3.63, 3.8) is 0 Å². The number of hydrogen-bond acceptors (Lipinski definition) is 4. The van der Waals surface area contributed by atoms with Crippen molar-refractivity contribution in [2.75, 3.05) is 23.4 Å². The van der Waals surface area contributed by atoms with Crippen LogP contribution in [-0.4, -0.2) is 30.9 Å². The van der Waals surface area contributed by atoms with Crippen molar-refractivity contribution in [2.24, 2.45) is 5.92 Å². The average Bonchev–Trinajstić information content (AvgIpc) is 3.25. The molecule has 3 aromatic carbocycles. The number of nitrogens with one attached hydrogen (secondary N) is 2. The Morgan fingerprint density at radius 2 is 1.74 bits per heavy atom. The first kappa shape index (κ1) is 24.5. The van der Waals surface area contributed by atoms with E-state index in [-0.39, 0.29) is 30.7 Å². The Morgan fingerprint density at radius 1 is 1.03 bits per heavy atom. The molecule has 8 heteroatoms. The van der Waals surface area contributed by atoms with E-state index in [1.54, 1.807) is 41.3 Å². The lowest BCUT2D eigenvalue weighted by Gasteiger charge is -2.17. The van der Waals surface area contributed by atoms with Gasteiger partial charge in [-0.2, -0.15) is 0 Å². The standard InChI is InChI=1S/C27H26BrN3O4/c1-18-4-2-3-5-19(18)15-29-27(34)20-14-26(33)31(16-20)23-10-12-24(13-11-23)35-17-25(32)30-22-8-6-21(28)7-9-22/h2-13,20H,14-17H2,1H3,(H,29,34)(H,30,32)/t20-/m1/s1. The Bertz CT molecular complexity index is 1210. The lowest BCUT2D eigenvalue weighted by molar-refractivity contribution is -0.126. The molecular formula is C27H26BrN3O4. The minimum absolute atomic E-state index is 0.0939. The predicted octanol–water partition coefficient (Wildman–Crippen LogP) is 4.44. The van der Waals surface area contributed by atoms with E-state index in [2.05, 4.69) is 26.6 Å². The van der Waals surface area contributed by atoms with Crippen molar-refractivity contribution in [3.05, 3.63) is 88.4 Å². The van der Waals surface area contributed by atoms with Gasteiger partial charge in [-0.1, -0.05) is 40.2 Å². The van der Waals surface area contributed by atoms with Crippen LogP contribution in [0.25, 0.3) is 0 Å². The maximum absolute atomic E-state index is 12.7. The van der Waals surface area contributed by atoms with Crippen LogP contribution in [0.4, 0.5) is 11.4 Å². The van der Waals surface area contributed by atoms with Crippen LogP contribution >= 0.6 is 15.9 Å². The zero-order chi connectivity index (χ0) is 24.8. The molecule has 180 valence electrons. The summed E-state index contributed by atoms with van der Waals surface area (Å²) in [6.07, 6.45) is 0.175. The second kappa shape index (κ2) is 11.2. The molecule has 7 nitrogen and oxygen atoms in total. The third kappa shape index (κ3) is 6.48. The molecule has 4 rings (SSSR count). The first-order chi connectivity index (χ1) is 16.9. The summed E-state index contributed by atoms with van der Waals surface area (Å²) in [5, 5.41) is 5.72. The number of ether oxygens (including phenoxy) is 1. The van der Waals surface area contributed by atoms with Gasteiger partial charge < -0.3 is 20.3 Å². The first-order valence-electron chi connectivity index (χ1n) is 11.3. The number of nitrogens with zero attached hydrogens (tertiary/aromatic N) is 1. The van der Waals surface area contributed by atoms with Gasteiger partial charge in [-0.05, 0) is 66.6 Å². The molecule has 3 amide bonds. The van der Waals surface area contributed by atoms with Gasteiger partial charge in [-0.25, -0.2) is 0 Å². The van der Waals surface area contributed by atoms with Gasteiger partial charge in [0.2, 0.25) is 11.8 Å². The van der Waals surface area contributed by atoms with Crippen molar-refractivity contribution in [1.29, 1.82) is 0 Å². The van der Waals surface area contributed by atoms with E-state index >= 15 is 0 Å². The van der Waals surface area contributed by atoms with Gasteiger partial charge in [-0.3, -0.25) is 14.4 Å². The van der Waals surface area contributed by atoms with Crippen molar-refractivity contribution < 1.29 is 19.1 Å². The van der Waals surface area contributed by atoms with Gasteiger partial charge >= 0.3 is 0 Å². The summed E-state index contributed by atoms with van der Waals surface area (Å²) in [6.45, 7) is 2.64. The highest BCUT2D eigenvalue weighted by atomic mass is 79.9. The van der Waals surface area contributed by atoms with E-state index in [4.69, 9.17) is 4.74 Å². The van der Waals surface area contributed by atoms with Crippen LogP contribution in [0.5, 0.6) is 5.75 Å². The third-order valence-electron chi connectivity index (χ3n) is 5.86. The maximum Gasteiger partial charge on any atom is 0.262 e. The Kier molecular flexibility index (Phi) is 7.82. The molecule has 1 heterocycles. The molecule has 1 fully saturated rings. The van der Waals surface area contributed by atoms with E-state index in [0.717, 1.165) is 15.6 Å². The van der Waals surface area contributed by atoms with Gasteiger partial charge in [0, 0.05) is 35.4 Å². The molecule has 0 spiro atoms. The van der Waals surface area contributed by atoms with E-state index in [9.17, 15) is 14.4 Å². The largest absolute Gasteiger partial charge is 0.484 e. The Labute approximate surface area is 212 Å². The number of rotatable bonds is 8. The van der Waals surface area contributed by atoms with Crippen LogP contribution in [0, 0.1) is 12.8 Å². The highest BCUT2D eigenvalue weighted by Crippen LogP contribution is 2.27. The SMILES string of the molecule is Cc1ccccc1CNC(=O)[C@@H]1CC(=O)N(c2ccc(OCC(=O)Nc3ccc(Br)cc3)cc2)C1. The molecule has 0 bridgehead atoms. The molecular weight excluding hydrogens is 510 g/mol. The van der Waals surface area contributed by atoms with Gasteiger partial charge in [0.25, 0.3) is 5.91 Å². The van der Waals surface area contributed by atoms with Gasteiger partial charge in [-0.15, -0.1) is 0 Å². The molecule has 0 saturated carbocycles. The normalized spacial score (nSPS) is 15.1. The minimum Gasteiger partial charge on any atom is -0.484 e. The molecule has 0 aliphatic carbocycles. The summed E-state index contributed by atoms with van der Waals surface area (Å²) in [5.41, 5.74) is 3.55. The Morgan fingerprint density at radius 3 is 2.46 bits per heavy atom. The summed E-state index contributed by atoms with van der Waals surface area (Å²) in [5.74, 6) is -0.376. The van der Waals surface area contributed by atoms with Gasteiger partial charge in [0.05, 0.1) is 5.92 Å². The van der Waals surface area contributed by atoms with Crippen molar-refractivity contribution in [3.8, 4) is 5.75 Å². The van der Waals surface area contributed by atoms with E-state index in [0.29, 0.717) is 30.2 Å². The van der Waals surface area contributed by atoms with Crippen molar-refractivity contribution in [1.82, 2.24) is 5.32 Å². The third-order valence-corrected chi connectivity index (χ3v) is 6.39. The summed E-state index contributed by atoms with van der Waals surface area (Å²) in [7, 11) is 0. The van der Waals surface area contributed by atoms with Gasteiger partial charge in [0.1, 0.15) is 5.75 Å². The fraction of sp³-hybridized carbons (Fsp3) is 0.222. The number of hydrogen-bond donors (Lipinski definition) is 2. The van der Waals surface area contributed by atoms with Crippen LogP contribution in [-0.2, 0) is 20.9 Å². The van der Waals surface area contributed by atoms with Crippen LogP contribution in [0.15, 0.2) is 77.3 Å². The maximum atomic E-state index is 12.7. The number of benzene rings is 3. The molecule has 1 saturated heterocycles. The van der Waals surface area contributed by atoms with Crippen molar-refractivity contribution in [2.45, 2.75) is 19.9 Å². The molecule has 2 N–H and O–H groups in total. The lowest BCUT2D eigenvalue weighted by atomic mass is 10.1. The smallest absolute Gasteiger partial charge is 0.262 e. The highest BCUT2D eigenvalue weighted by molar-refractivity contribution is 9.10. The van der Waals surface area contributed by atoms with Crippen LogP contribution in [0.2, 0.25) is 0 Å². The first-order valence-corrected chi connectivity index (χ1v) is 12.1. The molecule has 0 radical (unpaired) electrons. The molecule has 3 aromatic rings. The van der Waals surface area contributed by atoms with Crippen LogP contribution in [0.1, 0.15) is 17.5 Å². The molecule has 0 aromatic heterocycles. The quantitative estimate of drug-likeness (QED) is 0.446. The zero-order valence-corrected chi connectivity index (χ0v) is 20.9. The Balaban J connectivity index is 1.27. The van der Waals surface area contributed by atoms with Crippen LogP contribution < -0.4 is 20.3 Å². The molecule has 1 aliphatic heterocycles. The topological polar surface area (TPSA) is 87.7 Å². The summed E-state index contributed by atoms with van der Waals surface area (Å²) >= 11 is 3.35. The molecule has 1 atom stereocenters. The summed E-state index contributed by atoms with van der Waals surface area (Å²) < 4.78 is 6.49. The number of anilines is 2. The number of aryl methyl sites for hydroxylation is 1. The summed E-state index contributed by atoms with van der Waals surface area (Å²) in [4.78, 5) is 39.0. The van der Waals surface area contributed by atoms with Gasteiger partial charge in [0.15, 0.2) is 6.61 Å². The van der Waals surface area contributed by atoms with E-state index in [1.165, 1.54) is 0 Å². The minimum atomic E-state index is -0.398. The Hall–Kier alpha value is -3.65. The lowest BCUT2D eigenvalue weighted by Crippen LogP contribution is -2.32.